The fraction of sp³-hybridized carbons (Fsp3) is 0.600. The Labute approximate surface area is 156 Å². The summed E-state index contributed by atoms with van der Waals surface area (Å²) in [6, 6.07) is 7.54. The van der Waals surface area contributed by atoms with Gasteiger partial charge in [0.2, 0.25) is 5.91 Å². The molecule has 1 unspecified atom stereocenters. The number of nitrogens with one attached hydrogen (secondary N) is 2. The molecule has 1 atom stereocenters. The van der Waals surface area contributed by atoms with Gasteiger partial charge in [0, 0.05) is 55.9 Å². The number of piperazine rings is 1. The normalized spacial score (nSPS) is 17.1. The quantitative estimate of drug-likeness (QED) is 0.782. The highest BCUT2D eigenvalue weighted by molar-refractivity contribution is 5.95. The van der Waals surface area contributed by atoms with E-state index in [0.29, 0.717) is 18.0 Å². The number of carbonyl (C=O) groups excluding carboxylic acids is 2. The molecule has 0 aromatic heterocycles. The van der Waals surface area contributed by atoms with Crippen molar-refractivity contribution in [2.24, 2.45) is 0 Å². The molecule has 1 heterocycles. The maximum Gasteiger partial charge on any atom is 0.251 e. The van der Waals surface area contributed by atoms with Gasteiger partial charge in [-0.05, 0) is 58.5 Å². The highest BCUT2D eigenvalue weighted by atomic mass is 16.2. The summed E-state index contributed by atoms with van der Waals surface area (Å²) in [5.41, 5.74) is 1.32. The third-order valence-corrected chi connectivity index (χ3v) is 4.80. The van der Waals surface area contributed by atoms with E-state index in [0.717, 1.165) is 38.3 Å². The van der Waals surface area contributed by atoms with Crippen LogP contribution in [0.1, 0.15) is 44.0 Å². The van der Waals surface area contributed by atoms with E-state index >= 15 is 0 Å². The van der Waals surface area contributed by atoms with Crippen molar-refractivity contribution < 1.29 is 9.59 Å². The third kappa shape index (κ3) is 6.42. The number of rotatable bonds is 7. The van der Waals surface area contributed by atoms with Crippen molar-refractivity contribution in [1.82, 2.24) is 15.1 Å². The van der Waals surface area contributed by atoms with Crippen molar-refractivity contribution in [2.75, 3.05) is 38.5 Å². The van der Waals surface area contributed by atoms with Crippen molar-refractivity contribution in [3.63, 3.8) is 0 Å². The summed E-state index contributed by atoms with van der Waals surface area (Å²) in [5.74, 6) is -0.0794. The van der Waals surface area contributed by atoms with Crippen LogP contribution in [0.25, 0.3) is 0 Å². The second-order valence-corrected chi connectivity index (χ2v) is 7.48. The fourth-order valence-electron chi connectivity index (χ4n) is 3.06. The van der Waals surface area contributed by atoms with E-state index in [9.17, 15) is 9.59 Å². The van der Waals surface area contributed by atoms with E-state index in [-0.39, 0.29) is 17.9 Å². The predicted molar refractivity (Wildman–Crippen MR) is 105 cm³/mol. The van der Waals surface area contributed by atoms with Crippen LogP contribution in [0.5, 0.6) is 0 Å². The van der Waals surface area contributed by atoms with Crippen LogP contribution in [0.4, 0.5) is 5.69 Å². The maximum absolute atomic E-state index is 12.2. The van der Waals surface area contributed by atoms with E-state index < -0.39 is 0 Å². The van der Waals surface area contributed by atoms with Crippen molar-refractivity contribution in [3.05, 3.63) is 29.8 Å². The van der Waals surface area contributed by atoms with Crippen molar-refractivity contribution in [1.29, 1.82) is 0 Å². The lowest BCUT2D eigenvalue weighted by atomic mass is 10.1. The van der Waals surface area contributed by atoms with Gasteiger partial charge in [0.15, 0.2) is 0 Å². The van der Waals surface area contributed by atoms with E-state index in [1.807, 2.05) is 13.8 Å². The second-order valence-electron chi connectivity index (χ2n) is 7.48. The molecule has 1 fully saturated rings. The number of nitrogens with zero attached hydrogens (tertiary/aromatic N) is 2. The molecule has 1 saturated heterocycles. The number of amides is 2. The third-order valence-electron chi connectivity index (χ3n) is 4.80. The molecule has 2 amide bonds. The highest BCUT2D eigenvalue weighted by Gasteiger charge is 2.19. The highest BCUT2D eigenvalue weighted by Crippen LogP contribution is 2.13. The Balaban J connectivity index is 1.76. The molecule has 2 rings (SSSR count). The predicted octanol–water partition coefficient (Wildman–Crippen LogP) is 2.18. The van der Waals surface area contributed by atoms with Crippen LogP contribution in [-0.2, 0) is 4.79 Å². The van der Waals surface area contributed by atoms with Crippen LogP contribution in [0.3, 0.4) is 0 Å². The van der Waals surface area contributed by atoms with E-state index in [4.69, 9.17) is 0 Å². The molecule has 6 heteroatoms. The lowest BCUT2D eigenvalue weighted by molar-refractivity contribution is -0.116. The van der Waals surface area contributed by atoms with Gasteiger partial charge < -0.3 is 15.5 Å². The molecule has 0 radical (unpaired) electrons. The van der Waals surface area contributed by atoms with Gasteiger partial charge in [-0.25, -0.2) is 0 Å². The van der Waals surface area contributed by atoms with E-state index in [2.05, 4.69) is 34.4 Å². The molecule has 0 saturated carbocycles. The van der Waals surface area contributed by atoms with E-state index in [1.54, 1.807) is 24.3 Å². The monoisotopic (exact) mass is 360 g/mol. The maximum atomic E-state index is 12.2. The molecule has 1 aliphatic heterocycles. The first kappa shape index (κ1) is 20.4. The molecular formula is C20H32N4O2. The van der Waals surface area contributed by atoms with E-state index in [1.165, 1.54) is 0 Å². The van der Waals surface area contributed by atoms with Crippen LogP contribution in [-0.4, -0.2) is 66.9 Å². The average Bonchev–Trinajstić information content (AvgIpc) is 2.60. The SMILES string of the molecule is CC(C)NC(=O)c1ccc(NC(=O)CCC(C)N2CCN(C)CC2)cc1. The lowest BCUT2D eigenvalue weighted by Gasteiger charge is -2.36. The van der Waals surface area contributed by atoms with Crippen molar-refractivity contribution in [3.8, 4) is 0 Å². The summed E-state index contributed by atoms with van der Waals surface area (Å²) in [7, 11) is 2.15. The van der Waals surface area contributed by atoms with Crippen LogP contribution in [0, 0.1) is 0 Å². The first-order valence-corrected chi connectivity index (χ1v) is 9.48. The molecule has 0 spiro atoms. The fourth-order valence-corrected chi connectivity index (χ4v) is 3.06. The molecule has 1 aromatic carbocycles. The standard InChI is InChI=1S/C20H32N4O2/c1-15(2)21-20(26)17-6-8-18(9-7-17)22-19(25)10-5-16(3)24-13-11-23(4)12-14-24/h6-9,15-16H,5,10-14H2,1-4H3,(H,21,26)(H,22,25). The minimum atomic E-state index is -0.0983. The number of likely N-dealkylation sites (N-methyl/N-ethyl adjacent to an activating group) is 1. The van der Waals surface area contributed by atoms with Crippen molar-refractivity contribution >= 4 is 17.5 Å². The second kappa shape index (κ2) is 9.69. The summed E-state index contributed by atoms with van der Waals surface area (Å²) >= 11 is 0. The van der Waals surface area contributed by atoms with Gasteiger partial charge in [-0.3, -0.25) is 14.5 Å². The summed E-state index contributed by atoms with van der Waals surface area (Å²) in [5, 5.41) is 5.77. The van der Waals surface area contributed by atoms with Gasteiger partial charge in [-0.1, -0.05) is 0 Å². The van der Waals surface area contributed by atoms with Gasteiger partial charge in [0.05, 0.1) is 0 Å². The number of anilines is 1. The van der Waals surface area contributed by atoms with Gasteiger partial charge in [-0.15, -0.1) is 0 Å². The molecule has 1 aromatic rings. The zero-order valence-electron chi connectivity index (χ0n) is 16.4. The molecule has 0 aliphatic carbocycles. The van der Waals surface area contributed by atoms with Gasteiger partial charge in [-0.2, -0.15) is 0 Å². The number of benzene rings is 1. The number of hydrogen-bond acceptors (Lipinski definition) is 4. The summed E-state index contributed by atoms with van der Waals surface area (Å²) < 4.78 is 0. The Morgan fingerprint density at radius 1 is 1.04 bits per heavy atom. The smallest absolute Gasteiger partial charge is 0.251 e. The topological polar surface area (TPSA) is 64.7 Å². The zero-order chi connectivity index (χ0) is 19.1. The lowest BCUT2D eigenvalue weighted by Crippen LogP contribution is -2.48. The molecule has 1 aliphatic rings. The Morgan fingerprint density at radius 3 is 2.23 bits per heavy atom. The molecule has 2 N–H and O–H groups in total. The van der Waals surface area contributed by atoms with Gasteiger partial charge in [0.1, 0.15) is 0 Å². The van der Waals surface area contributed by atoms with Crippen molar-refractivity contribution in [2.45, 2.75) is 45.7 Å². The molecule has 0 bridgehead atoms. The Bertz CT molecular complexity index is 592. The Hall–Kier alpha value is -1.92. The van der Waals surface area contributed by atoms with Crippen LogP contribution < -0.4 is 10.6 Å². The zero-order valence-corrected chi connectivity index (χ0v) is 16.4. The van der Waals surface area contributed by atoms with Crippen LogP contribution in [0.15, 0.2) is 24.3 Å². The number of hydrogen-bond donors (Lipinski definition) is 2. The molecular weight excluding hydrogens is 328 g/mol. The van der Waals surface area contributed by atoms with Crippen LogP contribution >= 0.6 is 0 Å². The Kier molecular flexibility index (Phi) is 7.60. The molecule has 144 valence electrons. The summed E-state index contributed by atoms with van der Waals surface area (Å²) in [6.07, 6.45) is 1.35. The first-order chi connectivity index (χ1) is 12.3. The Morgan fingerprint density at radius 2 is 1.65 bits per heavy atom. The average molecular weight is 361 g/mol. The van der Waals surface area contributed by atoms with Gasteiger partial charge in [0.25, 0.3) is 5.91 Å². The number of carbonyl (C=O) groups is 2. The summed E-state index contributed by atoms with van der Waals surface area (Å²) in [6.45, 7) is 10.4. The summed E-state index contributed by atoms with van der Waals surface area (Å²) in [4.78, 5) is 28.9. The van der Waals surface area contributed by atoms with Crippen LogP contribution in [0.2, 0.25) is 0 Å². The minimum absolute atomic E-state index is 0.0189. The molecule has 6 nitrogen and oxygen atoms in total. The minimum Gasteiger partial charge on any atom is -0.350 e. The molecule has 26 heavy (non-hydrogen) atoms. The largest absolute Gasteiger partial charge is 0.350 e. The van der Waals surface area contributed by atoms with Gasteiger partial charge >= 0.3 is 0 Å². The first-order valence-electron chi connectivity index (χ1n) is 9.48.